The quantitative estimate of drug-likeness (QED) is 0.850. The van der Waals surface area contributed by atoms with Crippen molar-refractivity contribution >= 4 is 15.9 Å². The average Bonchev–Trinajstić information content (AvgIpc) is 2.43. The van der Waals surface area contributed by atoms with Gasteiger partial charge in [-0.25, -0.2) is 4.39 Å². The average molecular weight is 357 g/mol. The molecule has 1 fully saturated rings. The summed E-state index contributed by atoms with van der Waals surface area (Å²) < 4.78 is 14.1. The van der Waals surface area contributed by atoms with Crippen molar-refractivity contribution in [3.63, 3.8) is 0 Å². The van der Waals surface area contributed by atoms with Gasteiger partial charge in [0, 0.05) is 36.2 Å². The molecule has 2 nitrogen and oxygen atoms in total. The van der Waals surface area contributed by atoms with Crippen LogP contribution in [-0.2, 0) is 6.54 Å². The maximum Gasteiger partial charge on any atom is 0.124 e. The molecule has 0 amide bonds. The minimum Gasteiger partial charge on any atom is -0.311 e. The monoisotopic (exact) mass is 356 g/mol. The fraction of sp³-hybridized carbons (Fsp3) is 0.647. The molecule has 2 rings (SSSR count). The minimum absolute atomic E-state index is 0.184. The Hall–Kier alpha value is -0.450. The van der Waals surface area contributed by atoms with Crippen LogP contribution in [0.4, 0.5) is 4.39 Å². The van der Waals surface area contributed by atoms with Gasteiger partial charge in [-0.1, -0.05) is 42.8 Å². The van der Waals surface area contributed by atoms with Gasteiger partial charge in [0.2, 0.25) is 0 Å². The molecule has 1 aromatic carbocycles. The van der Waals surface area contributed by atoms with E-state index in [-0.39, 0.29) is 5.82 Å². The third-order valence-electron chi connectivity index (χ3n) is 4.24. The third kappa shape index (κ3) is 4.76. The van der Waals surface area contributed by atoms with Crippen LogP contribution in [0.3, 0.4) is 0 Å². The second-order valence-corrected chi connectivity index (χ2v) is 7.32. The standard InChI is InChI=1S/C17H26BrFN2/c1-4-15-11-21(16(9-20-15)7-12(2)3)10-13-5-6-14(19)8-17(13)18/h5-6,8,12,15-16,20H,4,7,9-11H2,1-3H3. The lowest BCUT2D eigenvalue weighted by Gasteiger charge is -2.41. The van der Waals surface area contributed by atoms with Gasteiger partial charge < -0.3 is 5.32 Å². The van der Waals surface area contributed by atoms with Crippen molar-refractivity contribution in [2.24, 2.45) is 5.92 Å². The van der Waals surface area contributed by atoms with Crippen LogP contribution in [-0.4, -0.2) is 30.1 Å². The molecule has 21 heavy (non-hydrogen) atoms. The molecule has 0 radical (unpaired) electrons. The summed E-state index contributed by atoms with van der Waals surface area (Å²) >= 11 is 3.49. The van der Waals surface area contributed by atoms with Crippen molar-refractivity contribution in [3.05, 3.63) is 34.1 Å². The minimum atomic E-state index is -0.184. The van der Waals surface area contributed by atoms with Gasteiger partial charge in [-0.3, -0.25) is 4.90 Å². The molecule has 0 aromatic heterocycles. The Morgan fingerprint density at radius 1 is 1.43 bits per heavy atom. The molecule has 1 heterocycles. The molecule has 0 spiro atoms. The second kappa shape index (κ2) is 7.70. The molecule has 0 bridgehead atoms. The van der Waals surface area contributed by atoms with Crippen LogP contribution in [0.25, 0.3) is 0 Å². The summed E-state index contributed by atoms with van der Waals surface area (Å²) in [6.07, 6.45) is 2.34. The van der Waals surface area contributed by atoms with Crippen LogP contribution in [0.2, 0.25) is 0 Å². The van der Waals surface area contributed by atoms with Gasteiger partial charge in [-0.15, -0.1) is 0 Å². The zero-order valence-electron chi connectivity index (χ0n) is 13.2. The first-order chi connectivity index (χ1) is 9.99. The summed E-state index contributed by atoms with van der Waals surface area (Å²) in [5.41, 5.74) is 1.17. The fourth-order valence-electron chi connectivity index (χ4n) is 3.04. The van der Waals surface area contributed by atoms with Crippen LogP contribution in [0.1, 0.15) is 39.2 Å². The van der Waals surface area contributed by atoms with Crippen molar-refractivity contribution in [2.45, 2.75) is 52.2 Å². The van der Waals surface area contributed by atoms with Crippen molar-refractivity contribution in [3.8, 4) is 0 Å². The predicted molar refractivity (Wildman–Crippen MR) is 89.8 cm³/mol. The molecule has 0 aliphatic carbocycles. The Balaban J connectivity index is 2.11. The van der Waals surface area contributed by atoms with E-state index in [0.717, 1.165) is 30.5 Å². The summed E-state index contributed by atoms with van der Waals surface area (Å²) in [4.78, 5) is 2.56. The van der Waals surface area contributed by atoms with Gasteiger partial charge in [0.05, 0.1) is 0 Å². The van der Waals surface area contributed by atoms with Gasteiger partial charge in [-0.2, -0.15) is 0 Å². The van der Waals surface area contributed by atoms with Gasteiger partial charge in [-0.05, 0) is 36.5 Å². The molecule has 1 aromatic rings. The van der Waals surface area contributed by atoms with Crippen LogP contribution in [0.5, 0.6) is 0 Å². The molecule has 0 saturated carbocycles. The molecule has 2 atom stereocenters. The van der Waals surface area contributed by atoms with Crippen molar-refractivity contribution in [2.75, 3.05) is 13.1 Å². The van der Waals surface area contributed by atoms with E-state index in [1.54, 1.807) is 12.1 Å². The number of piperazine rings is 1. The van der Waals surface area contributed by atoms with E-state index in [9.17, 15) is 4.39 Å². The highest BCUT2D eigenvalue weighted by Crippen LogP contribution is 2.24. The molecule has 118 valence electrons. The molecular weight excluding hydrogens is 331 g/mol. The summed E-state index contributed by atoms with van der Waals surface area (Å²) in [6.45, 7) is 9.78. The molecule has 1 aliphatic rings. The molecule has 2 unspecified atom stereocenters. The van der Waals surface area contributed by atoms with E-state index in [1.165, 1.54) is 12.0 Å². The summed E-state index contributed by atoms with van der Waals surface area (Å²) in [6, 6.07) is 6.13. The van der Waals surface area contributed by atoms with E-state index in [0.29, 0.717) is 18.0 Å². The highest BCUT2D eigenvalue weighted by molar-refractivity contribution is 9.10. The normalized spacial score (nSPS) is 23.7. The van der Waals surface area contributed by atoms with Gasteiger partial charge in [0.25, 0.3) is 0 Å². The van der Waals surface area contributed by atoms with E-state index in [2.05, 4.69) is 46.9 Å². The zero-order valence-corrected chi connectivity index (χ0v) is 14.8. The highest BCUT2D eigenvalue weighted by atomic mass is 79.9. The number of benzene rings is 1. The van der Waals surface area contributed by atoms with Gasteiger partial charge >= 0.3 is 0 Å². The van der Waals surface area contributed by atoms with Gasteiger partial charge in [0.15, 0.2) is 0 Å². The Morgan fingerprint density at radius 3 is 2.81 bits per heavy atom. The van der Waals surface area contributed by atoms with Crippen LogP contribution >= 0.6 is 15.9 Å². The van der Waals surface area contributed by atoms with Crippen LogP contribution in [0, 0.1) is 11.7 Å². The number of hydrogen-bond acceptors (Lipinski definition) is 2. The number of rotatable bonds is 5. The van der Waals surface area contributed by atoms with E-state index >= 15 is 0 Å². The number of nitrogens with one attached hydrogen (secondary N) is 1. The molecule has 1 saturated heterocycles. The lowest BCUT2D eigenvalue weighted by atomic mass is 9.97. The lowest BCUT2D eigenvalue weighted by Crippen LogP contribution is -2.56. The van der Waals surface area contributed by atoms with E-state index in [1.807, 2.05) is 6.07 Å². The SMILES string of the molecule is CCC1CN(Cc2ccc(F)cc2Br)C(CC(C)C)CN1. The zero-order chi connectivity index (χ0) is 15.4. The smallest absolute Gasteiger partial charge is 0.124 e. The van der Waals surface area contributed by atoms with Crippen molar-refractivity contribution in [1.29, 1.82) is 0 Å². The maximum absolute atomic E-state index is 13.2. The summed E-state index contributed by atoms with van der Waals surface area (Å²) in [7, 11) is 0. The van der Waals surface area contributed by atoms with Crippen LogP contribution in [0.15, 0.2) is 22.7 Å². The van der Waals surface area contributed by atoms with Gasteiger partial charge in [0.1, 0.15) is 5.82 Å². The first-order valence-electron chi connectivity index (χ1n) is 7.91. The predicted octanol–water partition coefficient (Wildman–Crippen LogP) is 4.19. The summed E-state index contributed by atoms with van der Waals surface area (Å²) in [5, 5.41) is 3.65. The number of hydrogen-bond donors (Lipinski definition) is 1. The van der Waals surface area contributed by atoms with Crippen LogP contribution < -0.4 is 5.32 Å². The Kier molecular flexibility index (Phi) is 6.20. The second-order valence-electron chi connectivity index (χ2n) is 6.46. The highest BCUT2D eigenvalue weighted by Gasteiger charge is 2.27. The largest absolute Gasteiger partial charge is 0.311 e. The number of nitrogens with zero attached hydrogens (tertiary/aromatic N) is 1. The number of halogens is 2. The van der Waals surface area contributed by atoms with E-state index in [4.69, 9.17) is 0 Å². The lowest BCUT2D eigenvalue weighted by molar-refractivity contribution is 0.105. The first-order valence-corrected chi connectivity index (χ1v) is 8.70. The van der Waals surface area contributed by atoms with Crippen molar-refractivity contribution in [1.82, 2.24) is 10.2 Å². The topological polar surface area (TPSA) is 15.3 Å². The Morgan fingerprint density at radius 2 is 2.19 bits per heavy atom. The molecular formula is C17H26BrFN2. The van der Waals surface area contributed by atoms with Crippen molar-refractivity contribution < 1.29 is 4.39 Å². The molecule has 1 N–H and O–H groups in total. The Bertz CT molecular complexity index is 464. The third-order valence-corrected chi connectivity index (χ3v) is 4.98. The molecule has 1 aliphatic heterocycles. The molecule has 4 heteroatoms. The van der Waals surface area contributed by atoms with E-state index < -0.39 is 0 Å². The Labute approximate surface area is 136 Å². The summed E-state index contributed by atoms with van der Waals surface area (Å²) in [5.74, 6) is 0.505. The first kappa shape index (κ1) is 16.9. The maximum atomic E-state index is 13.2. The fourth-order valence-corrected chi connectivity index (χ4v) is 3.52.